The third kappa shape index (κ3) is 3.30. The summed E-state index contributed by atoms with van der Waals surface area (Å²) in [5, 5.41) is 4.20. The van der Waals surface area contributed by atoms with Gasteiger partial charge in [-0.2, -0.15) is 0 Å². The first-order valence-corrected chi connectivity index (χ1v) is 6.91. The molecule has 0 atom stereocenters. The normalized spacial score (nSPS) is 22.4. The summed E-state index contributed by atoms with van der Waals surface area (Å²) in [6, 6.07) is 6.13. The summed E-state index contributed by atoms with van der Waals surface area (Å²) in [6.07, 6.45) is 2.50. The minimum Gasteiger partial charge on any atom is -0.492 e. The van der Waals surface area contributed by atoms with Crippen molar-refractivity contribution in [1.29, 1.82) is 0 Å². The van der Waals surface area contributed by atoms with E-state index in [1.807, 2.05) is 32.0 Å². The van der Waals surface area contributed by atoms with Crippen LogP contribution in [0.25, 0.3) is 0 Å². The molecule has 2 rings (SSSR count). The smallest absolute Gasteiger partial charge is 0.142 e. The summed E-state index contributed by atoms with van der Waals surface area (Å²) in [5.74, 6) is 0.863. The number of hydrogen-bond acceptors (Lipinski definition) is 3. The molecule has 3 nitrogen and oxygen atoms in total. The molecular formula is C14H20ClNO2. The molecule has 1 N–H and O–H groups in total. The van der Waals surface area contributed by atoms with E-state index < -0.39 is 0 Å². The maximum atomic E-state index is 6.02. The Morgan fingerprint density at radius 2 is 2.06 bits per heavy atom. The molecule has 0 radical (unpaired) electrons. The molecule has 18 heavy (non-hydrogen) atoms. The van der Waals surface area contributed by atoms with Crippen LogP contribution in [0.1, 0.15) is 26.7 Å². The number of halogens is 1. The lowest BCUT2D eigenvalue weighted by atomic mass is 9.89. The van der Waals surface area contributed by atoms with Crippen LogP contribution < -0.4 is 10.1 Å². The van der Waals surface area contributed by atoms with Gasteiger partial charge in [0.25, 0.3) is 0 Å². The highest BCUT2D eigenvalue weighted by Gasteiger charge is 2.29. The van der Waals surface area contributed by atoms with Crippen molar-refractivity contribution < 1.29 is 9.47 Å². The topological polar surface area (TPSA) is 30.5 Å². The number of ether oxygens (including phenoxy) is 2. The van der Waals surface area contributed by atoms with E-state index in [0.29, 0.717) is 18.8 Å². The molecule has 0 unspecified atom stereocenters. The van der Waals surface area contributed by atoms with E-state index in [1.54, 1.807) is 0 Å². The van der Waals surface area contributed by atoms with Gasteiger partial charge in [0.2, 0.25) is 0 Å². The Morgan fingerprint density at radius 3 is 2.72 bits per heavy atom. The molecule has 0 heterocycles. The van der Waals surface area contributed by atoms with Gasteiger partial charge < -0.3 is 14.8 Å². The molecule has 0 bridgehead atoms. The van der Waals surface area contributed by atoms with Crippen LogP contribution >= 0.6 is 11.6 Å². The molecule has 0 aromatic heterocycles. The van der Waals surface area contributed by atoms with E-state index >= 15 is 0 Å². The summed E-state index contributed by atoms with van der Waals surface area (Å²) < 4.78 is 11.1. The lowest BCUT2D eigenvalue weighted by Crippen LogP contribution is -2.40. The van der Waals surface area contributed by atoms with Crippen LogP contribution in [0.3, 0.4) is 0 Å². The molecule has 100 valence electrons. The van der Waals surface area contributed by atoms with Gasteiger partial charge in [-0.15, -0.1) is 0 Å². The van der Waals surface area contributed by atoms with Crippen molar-refractivity contribution in [2.24, 2.45) is 0 Å². The lowest BCUT2D eigenvalue weighted by Gasteiger charge is -2.36. The van der Waals surface area contributed by atoms with Crippen molar-refractivity contribution in [2.75, 3.05) is 18.5 Å². The van der Waals surface area contributed by atoms with Crippen LogP contribution in [-0.4, -0.2) is 25.4 Å². The molecule has 0 aliphatic heterocycles. The summed E-state index contributed by atoms with van der Waals surface area (Å²) in [5.41, 5.74) is 0.976. The van der Waals surface area contributed by atoms with Gasteiger partial charge in [0.05, 0.1) is 18.4 Å². The summed E-state index contributed by atoms with van der Waals surface area (Å²) in [7, 11) is 0. The number of rotatable bonds is 6. The van der Waals surface area contributed by atoms with Gasteiger partial charge in [-0.1, -0.05) is 11.6 Å². The number of nitrogens with one attached hydrogen (secondary N) is 1. The van der Waals surface area contributed by atoms with E-state index in [-0.39, 0.29) is 0 Å². The second-order valence-electron chi connectivity index (χ2n) is 4.46. The van der Waals surface area contributed by atoms with Gasteiger partial charge in [-0.05, 0) is 44.9 Å². The van der Waals surface area contributed by atoms with E-state index in [0.717, 1.165) is 35.9 Å². The molecule has 0 saturated heterocycles. The lowest BCUT2D eigenvalue weighted by molar-refractivity contribution is 0.00294. The quantitative estimate of drug-likeness (QED) is 0.854. The van der Waals surface area contributed by atoms with E-state index in [9.17, 15) is 0 Å². The van der Waals surface area contributed by atoms with E-state index in [4.69, 9.17) is 21.1 Å². The Morgan fingerprint density at radius 1 is 1.28 bits per heavy atom. The van der Waals surface area contributed by atoms with Gasteiger partial charge in [0.15, 0.2) is 0 Å². The minimum atomic E-state index is 0.405. The molecule has 0 amide bonds. The van der Waals surface area contributed by atoms with Crippen LogP contribution in [0.5, 0.6) is 5.75 Å². The number of hydrogen-bond donors (Lipinski definition) is 1. The average molecular weight is 270 g/mol. The highest BCUT2D eigenvalue weighted by molar-refractivity contribution is 6.30. The summed E-state index contributed by atoms with van der Waals surface area (Å²) >= 11 is 6.02. The Hall–Kier alpha value is -0.930. The molecular weight excluding hydrogens is 250 g/mol. The molecule has 0 spiro atoms. The zero-order chi connectivity index (χ0) is 13.0. The molecule has 1 aliphatic carbocycles. The fourth-order valence-corrected chi connectivity index (χ4v) is 2.34. The molecule has 4 heteroatoms. The highest BCUT2D eigenvalue weighted by Crippen LogP contribution is 2.33. The van der Waals surface area contributed by atoms with Gasteiger partial charge >= 0.3 is 0 Å². The van der Waals surface area contributed by atoms with E-state index in [2.05, 4.69) is 5.32 Å². The predicted molar refractivity (Wildman–Crippen MR) is 74.7 cm³/mol. The largest absolute Gasteiger partial charge is 0.492 e. The van der Waals surface area contributed by atoms with Crippen molar-refractivity contribution in [3.05, 3.63) is 23.2 Å². The first-order chi connectivity index (χ1) is 8.72. The standard InChI is InChI=1S/C14H20ClNO2/c1-3-17-12-8-11(9-12)16-13-7-10(15)5-6-14(13)18-4-2/h5-7,11-12,16H,3-4,8-9H2,1-2H3. The van der Waals surface area contributed by atoms with Crippen LogP contribution in [0.15, 0.2) is 18.2 Å². The Bertz CT molecular complexity index is 391. The van der Waals surface area contributed by atoms with Crippen molar-refractivity contribution in [3.8, 4) is 5.75 Å². The van der Waals surface area contributed by atoms with Crippen LogP contribution in [-0.2, 0) is 4.74 Å². The molecule has 1 aromatic rings. The monoisotopic (exact) mass is 269 g/mol. The Labute approximate surface area is 113 Å². The number of benzene rings is 1. The predicted octanol–water partition coefficient (Wildman–Crippen LogP) is 3.72. The third-order valence-corrected chi connectivity index (χ3v) is 3.33. The highest BCUT2D eigenvalue weighted by atomic mass is 35.5. The molecule has 1 saturated carbocycles. The molecule has 1 aromatic carbocycles. The fourth-order valence-electron chi connectivity index (χ4n) is 2.17. The summed E-state index contributed by atoms with van der Waals surface area (Å²) in [4.78, 5) is 0. The minimum absolute atomic E-state index is 0.405. The Balaban J connectivity index is 1.94. The van der Waals surface area contributed by atoms with Crippen molar-refractivity contribution in [1.82, 2.24) is 0 Å². The van der Waals surface area contributed by atoms with Gasteiger partial charge in [0, 0.05) is 17.7 Å². The molecule has 1 fully saturated rings. The third-order valence-electron chi connectivity index (χ3n) is 3.10. The van der Waals surface area contributed by atoms with Crippen molar-refractivity contribution >= 4 is 17.3 Å². The van der Waals surface area contributed by atoms with Gasteiger partial charge in [0.1, 0.15) is 5.75 Å². The maximum absolute atomic E-state index is 6.02. The number of anilines is 1. The van der Waals surface area contributed by atoms with Gasteiger partial charge in [-0.25, -0.2) is 0 Å². The van der Waals surface area contributed by atoms with Crippen molar-refractivity contribution in [3.63, 3.8) is 0 Å². The maximum Gasteiger partial charge on any atom is 0.142 e. The van der Waals surface area contributed by atoms with Crippen LogP contribution in [0.4, 0.5) is 5.69 Å². The van der Waals surface area contributed by atoms with Crippen LogP contribution in [0.2, 0.25) is 5.02 Å². The van der Waals surface area contributed by atoms with Crippen molar-refractivity contribution in [2.45, 2.75) is 38.8 Å². The SMILES string of the molecule is CCOc1ccc(Cl)cc1NC1CC(OCC)C1. The first kappa shape index (κ1) is 13.5. The van der Waals surface area contributed by atoms with Gasteiger partial charge in [-0.3, -0.25) is 0 Å². The zero-order valence-electron chi connectivity index (χ0n) is 10.9. The fraction of sp³-hybridized carbons (Fsp3) is 0.571. The van der Waals surface area contributed by atoms with Crippen LogP contribution in [0, 0.1) is 0 Å². The average Bonchev–Trinajstić information content (AvgIpc) is 2.30. The first-order valence-electron chi connectivity index (χ1n) is 6.53. The molecule has 1 aliphatic rings. The Kier molecular flexibility index (Phi) is 4.72. The summed E-state index contributed by atoms with van der Waals surface area (Å²) in [6.45, 7) is 5.46. The zero-order valence-corrected chi connectivity index (χ0v) is 11.7. The second-order valence-corrected chi connectivity index (χ2v) is 4.90. The second kappa shape index (κ2) is 6.30. The van der Waals surface area contributed by atoms with E-state index in [1.165, 1.54) is 0 Å².